The topological polar surface area (TPSA) is 78.4 Å². The van der Waals surface area contributed by atoms with Crippen LogP contribution in [0.3, 0.4) is 0 Å². The molecule has 0 atom stereocenters. The fourth-order valence-electron chi connectivity index (χ4n) is 3.03. The number of halogens is 1. The van der Waals surface area contributed by atoms with Gasteiger partial charge in [0.2, 0.25) is 5.91 Å². The maximum atomic E-state index is 11.9. The van der Waals surface area contributed by atoms with Crippen molar-refractivity contribution in [3.63, 3.8) is 0 Å². The van der Waals surface area contributed by atoms with Crippen LogP contribution < -0.4 is 16.0 Å². The van der Waals surface area contributed by atoms with E-state index in [9.17, 15) is 4.79 Å². The normalized spacial score (nSPS) is 14.7. The van der Waals surface area contributed by atoms with Crippen molar-refractivity contribution in [3.05, 3.63) is 24.5 Å². The number of hydrogen-bond acceptors (Lipinski definition) is 3. The van der Waals surface area contributed by atoms with Crippen molar-refractivity contribution in [1.29, 1.82) is 0 Å². The van der Waals surface area contributed by atoms with Crippen molar-refractivity contribution in [2.24, 2.45) is 10.9 Å². The number of nitrogens with one attached hydrogen (secondary N) is 3. The van der Waals surface area contributed by atoms with Crippen LogP contribution in [0.5, 0.6) is 0 Å². The zero-order valence-corrected chi connectivity index (χ0v) is 17.3. The second-order valence-electron chi connectivity index (χ2n) is 6.20. The number of carbonyl (C=O) groups is 1. The van der Waals surface area contributed by atoms with Gasteiger partial charge in [0.1, 0.15) is 6.54 Å². The summed E-state index contributed by atoms with van der Waals surface area (Å²) in [6, 6.07) is 3.59. The highest BCUT2D eigenvalue weighted by Gasteiger charge is 2.14. The Bertz CT molecular complexity index is 517. The lowest BCUT2D eigenvalue weighted by Gasteiger charge is -2.13. The molecule has 0 spiro atoms. The SMILES string of the molecule is CCNC(=NCC(=O)Nc1cccnc1)NCCCC1CCCC1.I. The highest BCUT2D eigenvalue weighted by molar-refractivity contribution is 14.0. The van der Waals surface area contributed by atoms with E-state index in [0.29, 0.717) is 11.6 Å². The number of aromatic nitrogens is 1. The molecule has 0 radical (unpaired) electrons. The van der Waals surface area contributed by atoms with Gasteiger partial charge >= 0.3 is 0 Å². The Morgan fingerprint density at radius 3 is 2.80 bits per heavy atom. The zero-order valence-electron chi connectivity index (χ0n) is 15.0. The molecule has 0 aromatic carbocycles. The van der Waals surface area contributed by atoms with E-state index < -0.39 is 0 Å². The molecule has 140 valence electrons. The summed E-state index contributed by atoms with van der Waals surface area (Å²) in [7, 11) is 0. The summed E-state index contributed by atoms with van der Waals surface area (Å²) in [5.74, 6) is 1.47. The summed E-state index contributed by atoms with van der Waals surface area (Å²) < 4.78 is 0. The van der Waals surface area contributed by atoms with E-state index in [1.807, 2.05) is 6.92 Å². The molecule has 0 saturated heterocycles. The number of pyridine rings is 1. The van der Waals surface area contributed by atoms with Gasteiger partial charge in [0.05, 0.1) is 11.9 Å². The molecule has 7 heteroatoms. The van der Waals surface area contributed by atoms with Gasteiger partial charge in [-0.25, -0.2) is 4.99 Å². The fraction of sp³-hybridized carbons (Fsp3) is 0.611. The minimum absolute atomic E-state index is 0. The number of nitrogens with zero attached hydrogens (tertiary/aromatic N) is 2. The smallest absolute Gasteiger partial charge is 0.246 e. The lowest BCUT2D eigenvalue weighted by Crippen LogP contribution is -2.38. The molecular formula is C18H30IN5O. The monoisotopic (exact) mass is 459 g/mol. The Balaban J connectivity index is 0.00000312. The molecule has 0 bridgehead atoms. The molecule has 1 heterocycles. The molecule has 3 N–H and O–H groups in total. The summed E-state index contributed by atoms with van der Waals surface area (Å²) in [5, 5.41) is 9.27. The standard InChI is InChI=1S/C18H29N5O.HI/c1-2-20-18(21-12-5-9-15-7-3-4-8-15)22-14-17(24)23-16-10-6-11-19-13-16;/h6,10-11,13,15H,2-5,7-9,12,14H2,1H3,(H,23,24)(H2,20,21,22);1H. The number of guanidine groups is 1. The van der Waals surface area contributed by atoms with Gasteiger partial charge in [-0.05, 0) is 37.8 Å². The predicted molar refractivity (Wildman–Crippen MR) is 113 cm³/mol. The number of anilines is 1. The lowest BCUT2D eigenvalue weighted by atomic mass is 10.0. The zero-order chi connectivity index (χ0) is 17.0. The molecule has 0 aliphatic heterocycles. The Morgan fingerprint density at radius 2 is 2.12 bits per heavy atom. The third-order valence-electron chi connectivity index (χ3n) is 4.23. The van der Waals surface area contributed by atoms with Crippen molar-refractivity contribution in [2.75, 3.05) is 25.0 Å². The van der Waals surface area contributed by atoms with Crippen LogP contribution in [-0.4, -0.2) is 36.5 Å². The molecule has 1 aromatic heterocycles. The van der Waals surface area contributed by atoms with E-state index in [0.717, 1.165) is 25.4 Å². The molecular weight excluding hydrogens is 429 g/mol. The van der Waals surface area contributed by atoms with E-state index in [-0.39, 0.29) is 36.4 Å². The van der Waals surface area contributed by atoms with Crippen molar-refractivity contribution < 1.29 is 4.79 Å². The molecule has 1 aromatic rings. The Hall–Kier alpha value is -1.38. The Morgan fingerprint density at radius 1 is 1.32 bits per heavy atom. The molecule has 1 amide bonds. The minimum atomic E-state index is -0.147. The first-order valence-electron chi connectivity index (χ1n) is 9.00. The third kappa shape index (κ3) is 9.04. The molecule has 6 nitrogen and oxygen atoms in total. The number of amides is 1. The van der Waals surface area contributed by atoms with E-state index in [2.05, 4.69) is 25.9 Å². The molecule has 0 unspecified atom stereocenters. The minimum Gasteiger partial charge on any atom is -0.357 e. The van der Waals surface area contributed by atoms with Gasteiger partial charge in [-0.2, -0.15) is 0 Å². The van der Waals surface area contributed by atoms with Crippen LogP contribution in [0, 0.1) is 5.92 Å². The molecule has 1 aliphatic carbocycles. The maximum absolute atomic E-state index is 11.9. The average molecular weight is 459 g/mol. The molecule has 1 fully saturated rings. The Labute approximate surface area is 167 Å². The van der Waals surface area contributed by atoms with Crippen LogP contribution >= 0.6 is 24.0 Å². The van der Waals surface area contributed by atoms with E-state index in [1.54, 1.807) is 24.5 Å². The number of aliphatic imine (C=N–C) groups is 1. The summed E-state index contributed by atoms with van der Waals surface area (Å²) >= 11 is 0. The van der Waals surface area contributed by atoms with Crippen molar-refractivity contribution in [2.45, 2.75) is 45.4 Å². The van der Waals surface area contributed by atoms with Crippen LogP contribution in [0.25, 0.3) is 0 Å². The van der Waals surface area contributed by atoms with Crippen LogP contribution in [0.4, 0.5) is 5.69 Å². The van der Waals surface area contributed by atoms with Crippen molar-refractivity contribution in [3.8, 4) is 0 Å². The number of hydrogen-bond donors (Lipinski definition) is 3. The number of rotatable bonds is 8. The molecule has 25 heavy (non-hydrogen) atoms. The fourth-order valence-corrected chi connectivity index (χ4v) is 3.03. The van der Waals surface area contributed by atoms with E-state index in [1.165, 1.54) is 32.1 Å². The van der Waals surface area contributed by atoms with Gasteiger partial charge in [0.25, 0.3) is 0 Å². The summed E-state index contributed by atoms with van der Waals surface area (Å²) in [4.78, 5) is 20.2. The van der Waals surface area contributed by atoms with Gasteiger partial charge in [0.15, 0.2) is 5.96 Å². The largest absolute Gasteiger partial charge is 0.357 e. The van der Waals surface area contributed by atoms with Gasteiger partial charge in [-0.3, -0.25) is 9.78 Å². The van der Waals surface area contributed by atoms with Gasteiger partial charge in [-0.1, -0.05) is 25.7 Å². The Kier molecular flexibility index (Phi) is 11.2. The first-order chi connectivity index (χ1) is 11.8. The van der Waals surface area contributed by atoms with Gasteiger partial charge in [-0.15, -0.1) is 24.0 Å². The summed E-state index contributed by atoms with van der Waals surface area (Å²) in [6.45, 7) is 3.78. The van der Waals surface area contributed by atoms with Crippen LogP contribution in [0.2, 0.25) is 0 Å². The summed E-state index contributed by atoms with van der Waals surface area (Å²) in [6.07, 6.45) is 11.3. The quantitative estimate of drug-likeness (QED) is 0.242. The highest BCUT2D eigenvalue weighted by Crippen LogP contribution is 2.28. The third-order valence-corrected chi connectivity index (χ3v) is 4.23. The lowest BCUT2D eigenvalue weighted by molar-refractivity contribution is -0.114. The molecule has 2 rings (SSSR count). The highest BCUT2D eigenvalue weighted by atomic mass is 127. The van der Waals surface area contributed by atoms with Crippen LogP contribution in [-0.2, 0) is 4.79 Å². The molecule has 1 aliphatic rings. The first kappa shape index (κ1) is 21.7. The first-order valence-corrected chi connectivity index (χ1v) is 9.00. The van der Waals surface area contributed by atoms with Crippen LogP contribution in [0.15, 0.2) is 29.5 Å². The van der Waals surface area contributed by atoms with Crippen molar-refractivity contribution >= 4 is 41.5 Å². The number of carbonyl (C=O) groups excluding carboxylic acids is 1. The molecule has 1 saturated carbocycles. The predicted octanol–water partition coefficient (Wildman–Crippen LogP) is 3.16. The van der Waals surface area contributed by atoms with Crippen LogP contribution in [0.1, 0.15) is 45.4 Å². The van der Waals surface area contributed by atoms with E-state index in [4.69, 9.17) is 0 Å². The summed E-state index contributed by atoms with van der Waals surface area (Å²) in [5.41, 5.74) is 0.687. The second kappa shape index (κ2) is 12.9. The van der Waals surface area contributed by atoms with E-state index >= 15 is 0 Å². The van der Waals surface area contributed by atoms with Crippen molar-refractivity contribution in [1.82, 2.24) is 15.6 Å². The van der Waals surface area contributed by atoms with Gasteiger partial charge < -0.3 is 16.0 Å². The second-order valence-corrected chi connectivity index (χ2v) is 6.20. The average Bonchev–Trinajstić information content (AvgIpc) is 3.11. The van der Waals surface area contributed by atoms with Gasteiger partial charge in [0, 0.05) is 19.3 Å². The maximum Gasteiger partial charge on any atom is 0.246 e.